The van der Waals surface area contributed by atoms with Gasteiger partial charge in [-0.1, -0.05) is 36.2 Å². The maximum atomic E-state index is 5.57. The first kappa shape index (κ1) is 17.5. The number of benzene rings is 1. The van der Waals surface area contributed by atoms with Crippen LogP contribution < -0.4 is 0 Å². The van der Waals surface area contributed by atoms with Gasteiger partial charge < -0.3 is 4.52 Å². The van der Waals surface area contributed by atoms with Crippen LogP contribution in [0.2, 0.25) is 0 Å². The van der Waals surface area contributed by atoms with E-state index in [1.54, 1.807) is 6.20 Å². The van der Waals surface area contributed by atoms with Crippen LogP contribution in [0.15, 0.2) is 41.1 Å². The van der Waals surface area contributed by atoms with E-state index < -0.39 is 0 Å². The lowest BCUT2D eigenvalue weighted by molar-refractivity contribution is 0.258. The molecule has 6 nitrogen and oxygen atoms in total. The maximum absolute atomic E-state index is 5.57. The quantitative estimate of drug-likeness (QED) is 0.683. The van der Waals surface area contributed by atoms with Crippen molar-refractivity contribution in [1.82, 2.24) is 25.0 Å². The molecule has 3 heterocycles. The number of hydrogen-bond donors (Lipinski definition) is 0. The maximum Gasteiger partial charge on any atom is 0.241 e. The lowest BCUT2D eigenvalue weighted by Gasteiger charge is -2.23. The molecule has 2 atom stereocenters. The van der Waals surface area contributed by atoms with Gasteiger partial charge in [-0.2, -0.15) is 4.98 Å². The minimum Gasteiger partial charge on any atom is -0.338 e. The number of hydrogen-bond acceptors (Lipinski definition) is 6. The van der Waals surface area contributed by atoms with Crippen LogP contribution in [0.25, 0.3) is 22.6 Å². The van der Waals surface area contributed by atoms with Crippen molar-refractivity contribution in [1.29, 1.82) is 0 Å². The van der Waals surface area contributed by atoms with Crippen molar-refractivity contribution in [2.45, 2.75) is 39.2 Å². The highest BCUT2D eigenvalue weighted by atomic mass is 16.5. The van der Waals surface area contributed by atoms with Crippen molar-refractivity contribution in [3.8, 4) is 22.6 Å². The predicted octanol–water partition coefficient (Wildman–Crippen LogP) is 4.12. The third-order valence-electron chi connectivity index (χ3n) is 6.07. The molecule has 6 heteroatoms. The van der Waals surface area contributed by atoms with Crippen molar-refractivity contribution >= 4 is 0 Å². The van der Waals surface area contributed by atoms with Gasteiger partial charge in [0.15, 0.2) is 0 Å². The van der Waals surface area contributed by atoms with E-state index in [1.807, 2.05) is 31.2 Å². The Kier molecular flexibility index (Phi) is 4.64. The number of likely N-dealkylation sites (tertiary alicyclic amines) is 1. The largest absolute Gasteiger partial charge is 0.338 e. The Labute approximate surface area is 165 Å². The fraction of sp³-hybridized carbons (Fsp3) is 0.455. The van der Waals surface area contributed by atoms with Gasteiger partial charge in [0, 0.05) is 30.4 Å². The highest BCUT2D eigenvalue weighted by Gasteiger charge is 2.34. The van der Waals surface area contributed by atoms with Crippen LogP contribution in [-0.2, 0) is 6.54 Å². The van der Waals surface area contributed by atoms with Crippen LogP contribution in [0.3, 0.4) is 0 Å². The Bertz CT molecular complexity index is 955. The van der Waals surface area contributed by atoms with E-state index in [9.17, 15) is 0 Å². The van der Waals surface area contributed by atoms with Crippen LogP contribution in [0, 0.1) is 18.8 Å². The third kappa shape index (κ3) is 3.56. The van der Waals surface area contributed by atoms with E-state index in [4.69, 9.17) is 4.52 Å². The zero-order valence-electron chi connectivity index (χ0n) is 16.2. The molecule has 5 rings (SSSR count). The second-order valence-electron chi connectivity index (χ2n) is 8.08. The van der Waals surface area contributed by atoms with Gasteiger partial charge >= 0.3 is 0 Å². The van der Waals surface area contributed by atoms with Gasteiger partial charge in [-0.05, 0) is 43.7 Å². The van der Waals surface area contributed by atoms with E-state index in [1.165, 1.54) is 38.8 Å². The molecule has 0 amide bonds. The molecule has 1 aliphatic carbocycles. The minimum atomic E-state index is 0.638. The molecule has 1 aromatic carbocycles. The highest BCUT2D eigenvalue weighted by molar-refractivity contribution is 5.67. The van der Waals surface area contributed by atoms with Gasteiger partial charge in [0.05, 0.1) is 12.2 Å². The summed E-state index contributed by atoms with van der Waals surface area (Å²) in [5.74, 6) is 3.83. The van der Waals surface area contributed by atoms with Gasteiger partial charge in [-0.15, -0.1) is 0 Å². The van der Waals surface area contributed by atoms with Crippen molar-refractivity contribution < 1.29 is 4.52 Å². The third-order valence-corrected chi connectivity index (χ3v) is 6.07. The summed E-state index contributed by atoms with van der Waals surface area (Å²) < 4.78 is 5.57. The summed E-state index contributed by atoms with van der Waals surface area (Å²) >= 11 is 0. The normalized spacial score (nSPS) is 22.3. The molecule has 0 radical (unpaired) electrons. The van der Waals surface area contributed by atoms with Gasteiger partial charge in [-0.3, -0.25) is 4.90 Å². The number of rotatable bonds is 4. The molecule has 0 spiro atoms. The first-order valence-corrected chi connectivity index (χ1v) is 10.2. The molecule has 28 heavy (non-hydrogen) atoms. The monoisotopic (exact) mass is 375 g/mol. The van der Waals surface area contributed by atoms with Crippen LogP contribution in [-0.4, -0.2) is 38.1 Å². The summed E-state index contributed by atoms with van der Waals surface area (Å²) in [6.07, 6.45) is 7.32. The van der Waals surface area contributed by atoms with Crippen LogP contribution >= 0.6 is 0 Å². The van der Waals surface area contributed by atoms with Crippen molar-refractivity contribution in [2.75, 3.05) is 13.1 Å². The molecule has 3 aromatic rings. The molecule has 2 aliphatic rings. The Morgan fingerprint density at radius 3 is 2.61 bits per heavy atom. The van der Waals surface area contributed by atoms with Gasteiger partial charge in [0.2, 0.25) is 11.7 Å². The lowest BCUT2D eigenvalue weighted by Crippen LogP contribution is -2.20. The van der Waals surface area contributed by atoms with Gasteiger partial charge in [0.1, 0.15) is 5.82 Å². The van der Waals surface area contributed by atoms with E-state index in [2.05, 4.69) is 31.1 Å². The molecule has 144 valence electrons. The Balaban J connectivity index is 1.32. The Morgan fingerprint density at radius 2 is 1.82 bits per heavy atom. The van der Waals surface area contributed by atoms with Gasteiger partial charge in [0.25, 0.3) is 0 Å². The fourth-order valence-electron chi connectivity index (χ4n) is 4.69. The smallest absolute Gasteiger partial charge is 0.241 e. The summed E-state index contributed by atoms with van der Waals surface area (Å²) in [5.41, 5.74) is 2.87. The molecular formula is C22H25N5O. The topological polar surface area (TPSA) is 67.9 Å². The zero-order valence-corrected chi connectivity index (χ0v) is 16.2. The molecule has 0 N–H and O–H groups in total. The van der Waals surface area contributed by atoms with Crippen molar-refractivity contribution in [3.63, 3.8) is 0 Å². The molecule has 0 unspecified atom stereocenters. The van der Waals surface area contributed by atoms with E-state index in [-0.39, 0.29) is 0 Å². The summed E-state index contributed by atoms with van der Waals surface area (Å²) in [6, 6.07) is 10.0. The van der Waals surface area contributed by atoms with E-state index in [0.717, 1.165) is 41.0 Å². The zero-order chi connectivity index (χ0) is 18.9. The van der Waals surface area contributed by atoms with E-state index >= 15 is 0 Å². The van der Waals surface area contributed by atoms with Gasteiger partial charge in [-0.25, -0.2) is 9.97 Å². The second kappa shape index (κ2) is 7.43. The molecular weight excluding hydrogens is 350 g/mol. The Morgan fingerprint density at radius 1 is 1.04 bits per heavy atom. The first-order valence-electron chi connectivity index (χ1n) is 10.2. The standard InChI is InChI=1S/C22H25N5O/c1-15-23-10-9-20(24-15)16-7-4-8-17(11-16)22-25-21(28-26-22)14-27-12-18-5-2-3-6-19(18)13-27/h4,7-11,18-19H,2-3,5-6,12-14H2,1H3/t18-,19+. The average molecular weight is 375 g/mol. The van der Waals surface area contributed by atoms with Crippen LogP contribution in [0.1, 0.15) is 37.4 Å². The highest BCUT2D eigenvalue weighted by Crippen LogP contribution is 2.36. The Hall–Kier alpha value is -2.60. The number of aryl methyl sites for hydroxylation is 1. The van der Waals surface area contributed by atoms with Crippen molar-refractivity contribution in [3.05, 3.63) is 48.2 Å². The predicted molar refractivity (Wildman–Crippen MR) is 106 cm³/mol. The second-order valence-corrected chi connectivity index (χ2v) is 8.08. The number of aromatic nitrogens is 4. The van der Waals surface area contributed by atoms with Crippen molar-refractivity contribution in [2.24, 2.45) is 11.8 Å². The average Bonchev–Trinajstić information content (AvgIpc) is 3.35. The number of nitrogens with zero attached hydrogens (tertiary/aromatic N) is 5. The van der Waals surface area contributed by atoms with E-state index in [0.29, 0.717) is 11.7 Å². The minimum absolute atomic E-state index is 0.638. The fourth-order valence-corrected chi connectivity index (χ4v) is 4.69. The van der Waals surface area contributed by atoms with Crippen LogP contribution in [0.4, 0.5) is 0 Å². The molecule has 0 bridgehead atoms. The molecule has 1 aliphatic heterocycles. The lowest BCUT2D eigenvalue weighted by atomic mass is 9.82. The number of fused-ring (bicyclic) bond motifs is 1. The molecule has 1 saturated carbocycles. The summed E-state index contributed by atoms with van der Waals surface area (Å²) in [4.78, 5) is 15.8. The van der Waals surface area contributed by atoms with Crippen LogP contribution in [0.5, 0.6) is 0 Å². The summed E-state index contributed by atoms with van der Waals surface area (Å²) in [7, 11) is 0. The molecule has 2 aromatic heterocycles. The SMILES string of the molecule is Cc1nccc(-c2cccc(-c3noc(CN4C[C@H]5CCCC[C@H]5C4)n3)c2)n1. The molecule has 2 fully saturated rings. The first-order chi connectivity index (χ1) is 13.7. The summed E-state index contributed by atoms with van der Waals surface area (Å²) in [6.45, 7) is 4.99. The summed E-state index contributed by atoms with van der Waals surface area (Å²) in [5, 5.41) is 4.23. The molecule has 1 saturated heterocycles.